The predicted octanol–water partition coefficient (Wildman–Crippen LogP) is 4.05. The summed E-state index contributed by atoms with van der Waals surface area (Å²) in [6, 6.07) is 0. The van der Waals surface area contributed by atoms with Crippen LogP contribution in [0, 0.1) is 12.8 Å². The first-order valence-corrected chi connectivity index (χ1v) is 14.5. The third-order valence-electron chi connectivity index (χ3n) is 6.76. The average Bonchev–Trinajstić information content (AvgIpc) is 3.22. The Balaban J connectivity index is 1.78. The summed E-state index contributed by atoms with van der Waals surface area (Å²) >= 11 is 5.92. The maximum absolute atomic E-state index is 13.8. The lowest BCUT2D eigenvalue weighted by Gasteiger charge is -2.35. The fraction of sp³-hybridized carbons (Fsp3) is 0.583. The first kappa shape index (κ1) is 29.2. The molecule has 0 unspecified atom stereocenters. The zero-order valence-corrected chi connectivity index (χ0v) is 23.7. The number of sulfone groups is 1. The molecule has 3 heterocycles. The maximum atomic E-state index is 13.8. The largest absolute Gasteiger partial charge is 0.479 e. The van der Waals surface area contributed by atoms with E-state index in [0.717, 1.165) is 0 Å². The van der Waals surface area contributed by atoms with E-state index in [2.05, 4.69) is 30.1 Å². The van der Waals surface area contributed by atoms with Crippen molar-refractivity contribution in [1.29, 1.82) is 0 Å². The molecule has 4 rings (SSSR count). The molecule has 0 aliphatic heterocycles. The van der Waals surface area contributed by atoms with Gasteiger partial charge in [-0.05, 0) is 40.5 Å². The summed E-state index contributed by atoms with van der Waals surface area (Å²) in [7, 11) is -2.60. The summed E-state index contributed by atoms with van der Waals surface area (Å²) in [5.74, 6) is -1.57. The number of aromatic nitrogens is 7. The third-order valence-corrected chi connectivity index (χ3v) is 9.00. The molecule has 4 atom stereocenters. The Bertz CT molecular complexity index is 1410. The predicted molar refractivity (Wildman–Crippen MR) is 138 cm³/mol. The van der Waals surface area contributed by atoms with E-state index in [4.69, 9.17) is 21.1 Å². The Hall–Kier alpha value is -2.84. The molecule has 212 valence electrons. The van der Waals surface area contributed by atoms with Crippen molar-refractivity contribution in [2.24, 2.45) is 5.92 Å². The minimum Gasteiger partial charge on any atom is -0.479 e. The minimum absolute atomic E-state index is 0.0216. The monoisotopic (exact) mass is 585 g/mol. The summed E-state index contributed by atoms with van der Waals surface area (Å²) in [5, 5.41) is 7.56. The van der Waals surface area contributed by atoms with Crippen molar-refractivity contribution < 1.29 is 26.7 Å². The van der Waals surface area contributed by atoms with Crippen LogP contribution in [0.25, 0.3) is 5.69 Å². The van der Waals surface area contributed by atoms with Gasteiger partial charge in [-0.15, -0.1) is 10.2 Å². The molecule has 3 aromatic rings. The SMILES string of the molecule is COc1ncnc(C)c1-n1c(CS(=O)(=O)[C@@H](C)[C@@H](OC(C)C)c2ncc(Cl)cn2)nnc1[C@H]1CC[C@H]1C(F)F. The van der Waals surface area contributed by atoms with Crippen LogP contribution in [0.3, 0.4) is 0 Å². The van der Waals surface area contributed by atoms with Gasteiger partial charge in [0.15, 0.2) is 21.5 Å². The first-order chi connectivity index (χ1) is 18.4. The van der Waals surface area contributed by atoms with Gasteiger partial charge in [0.1, 0.15) is 29.7 Å². The van der Waals surface area contributed by atoms with Crippen LogP contribution in [-0.4, -0.2) is 68.0 Å². The number of ether oxygens (including phenoxy) is 2. The lowest BCUT2D eigenvalue weighted by atomic mass is 9.73. The van der Waals surface area contributed by atoms with E-state index in [0.29, 0.717) is 29.2 Å². The second-order valence-corrected chi connectivity index (χ2v) is 12.5. The topological polar surface area (TPSA) is 135 Å². The molecule has 1 aliphatic rings. The van der Waals surface area contributed by atoms with E-state index < -0.39 is 45.2 Å². The van der Waals surface area contributed by atoms with E-state index in [9.17, 15) is 17.2 Å². The Labute approximate surface area is 230 Å². The molecule has 15 heteroatoms. The smallest absolute Gasteiger partial charge is 0.242 e. The molecule has 0 spiro atoms. The van der Waals surface area contributed by atoms with Crippen molar-refractivity contribution in [2.45, 2.75) is 76.1 Å². The number of hydrogen-bond donors (Lipinski definition) is 0. The molecule has 0 N–H and O–H groups in total. The number of alkyl halides is 2. The van der Waals surface area contributed by atoms with E-state index in [-0.39, 0.29) is 29.5 Å². The van der Waals surface area contributed by atoms with Gasteiger partial charge in [0.05, 0.1) is 29.2 Å². The summed E-state index contributed by atoms with van der Waals surface area (Å²) in [6.45, 7) is 6.72. The number of hydrogen-bond acceptors (Lipinski definition) is 10. The van der Waals surface area contributed by atoms with Gasteiger partial charge in [0.2, 0.25) is 12.3 Å². The van der Waals surface area contributed by atoms with Crippen molar-refractivity contribution in [1.82, 2.24) is 34.7 Å². The number of nitrogens with zero attached hydrogens (tertiary/aromatic N) is 7. The van der Waals surface area contributed by atoms with Crippen LogP contribution in [0.1, 0.15) is 68.8 Å². The first-order valence-electron chi connectivity index (χ1n) is 12.4. The zero-order valence-electron chi connectivity index (χ0n) is 22.1. The zero-order chi connectivity index (χ0) is 28.5. The molecule has 0 saturated heterocycles. The van der Waals surface area contributed by atoms with Crippen LogP contribution < -0.4 is 4.74 Å². The van der Waals surface area contributed by atoms with E-state index in [1.807, 2.05) is 0 Å². The average molecular weight is 586 g/mol. The lowest BCUT2D eigenvalue weighted by molar-refractivity contribution is 0.00141. The Morgan fingerprint density at radius 1 is 1.10 bits per heavy atom. The molecule has 3 aromatic heterocycles. The van der Waals surface area contributed by atoms with Gasteiger partial charge in [-0.25, -0.2) is 32.2 Å². The highest BCUT2D eigenvalue weighted by molar-refractivity contribution is 7.91. The molecule has 39 heavy (non-hydrogen) atoms. The highest BCUT2D eigenvalue weighted by Gasteiger charge is 2.43. The summed E-state index contributed by atoms with van der Waals surface area (Å²) < 4.78 is 67.8. The van der Waals surface area contributed by atoms with Crippen LogP contribution in [0.15, 0.2) is 18.7 Å². The third kappa shape index (κ3) is 6.02. The number of rotatable bonds is 11. The molecule has 0 amide bonds. The molecule has 1 aliphatic carbocycles. The van der Waals surface area contributed by atoms with Crippen LogP contribution in [0.2, 0.25) is 5.02 Å². The second-order valence-electron chi connectivity index (χ2n) is 9.69. The van der Waals surface area contributed by atoms with Gasteiger partial charge in [-0.3, -0.25) is 4.57 Å². The molecular formula is C24H30ClF2N7O4S. The molecular weight excluding hydrogens is 556 g/mol. The summed E-state index contributed by atoms with van der Waals surface area (Å²) in [6.07, 6.45) is 0.932. The normalized spacial score (nSPS) is 19.2. The fourth-order valence-corrected chi connectivity index (χ4v) is 6.02. The fourth-order valence-electron chi connectivity index (χ4n) is 4.55. The quantitative estimate of drug-likeness (QED) is 0.324. The van der Waals surface area contributed by atoms with Crippen molar-refractivity contribution >= 4 is 21.4 Å². The van der Waals surface area contributed by atoms with Crippen LogP contribution in [0.5, 0.6) is 5.88 Å². The van der Waals surface area contributed by atoms with Crippen LogP contribution in [0.4, 0.5) is 8.78 Å². The number of halogens is 3. The number of methoxy groups -OCH3 is 1. The molecule has 11 nitrogen and oxygen atoms in total. The Kier molecular flexibility index (Phi) is 8.76. The molecule has 0 bridgehead atoms. The van der Waals surface area contributed by atoms with Gasteiger partial charge in [-0.2, -0.15) is 4.98 Å². The summed E-state index contributed by atoms with van der Waals surface area (Å²) in [4.78, 5) is 16.7. The van der Waals surface area contributed by atoms with Crippen LogP contribution in [-0.2, 0) is 20.3 Å². The Morgan fingerprint density at radius 2 is 1.79 bits per heavy atom. The molecule has 1 fully saturated rings. The van der Waals surface area contributed by atoms with Gasteiger partial charge in [0.25, 0.3) is 0 Å². The van der Waals surface area contributed by atoms with Crippen molar-refractivity contribution in [3.63, 3.8) is 0 Å². The maximum Gasteiger partial charge on any atom is 0.242 e. The molecule has 1 saturated carbocycles. The van der Waals surface area contributed by atoms with Gasteiger partial charge in [0, 0.05) is 24.2 Å². The van der Waals surface area contributed by atoms with Crippen molar-refractivity contribution in [2.75, 3.05) is 7.11 Å². The second kappa shape index (κ2) is 11.7. The number of aryl methyl sites for hydroxylation is 1. The van der Waals surface area contributed by atoms with E-state index in [1.54, 1.807) is 20.8 Å². The Morgan fingerprint density at radius 3 is 2.36 bits per heavy atom. The van der Waals surface area contributed by atoms with Gasteiger partial charge >= 0.3 is 0 Å². The van der Waals surface area contributed by atoms with Gasteiger partial charge in [-0.1, -0.05) is 11.6 Å². The molecule has 0 radical (unpaired) electrons. The van der Waals surface area contributed by atoms with Crippen molar-refractivity contribution in [3.8, 4) is 11.6 Å². The van der Waals surface area contributed by atoms with E-state index >= 15 is 0 Å². The van der Waals surface area contributed by atoms with Crippen LogP contribution >= 0.6 is 11.6 Å². The molecule has 0 aromatic carbocycles. The highest BCUT2D eigenvalue weighted by atomic mass is 35.5. The minimum atomic E-state index is -4.00. The van der Waals surface area contributed by atoms with Crippen molar-refractivity contribution in [3.05, 3.63) is 46.9 Å². The highest BCUT2D eigenvalue weighted by Crippen LogP contribution is 2.46. The van der Waals surface area contributed by atoms with Gasteiger partial charge < -0.3 is 9.47 Å². The standard InChI is InChI=1S/C24H30ClF2N7O4S/c1-12(2)38-20(22-28-8-15(25)9-29-22)14(4)39(35,36)10-18-32-33-23(17-7-6-16(17)21(26)27)34(18)19-13(3)30-11-31-24(19)37-5/h8-9,11-12,14,16-17,20-21H,6-7,10H2,1-5H3/t14-,16+,17-,20+/m0/s1. The lowest BCUT2D eigenvalue weighted by Crippen LogP contribution is -2.33. The van der Waals surface area contributed by atoms with E-state index in [1.165, 1.54) is 37.3 Å². The summed E-state index contributed by atoms with van der Waals surface area (Å²) in [5.41, 5.74) is 0.742.